The molecule has 1 aromatic heterocycles. The first kappa shape index (κ1) is 25.8. The summed E-state index contributed by atoms with van der Waals surface area (Å²) in [6.45, 7) is 7.76. The van der Waals surface area contributed by atoms with Crippen LogP contribution >= 0.6 is 11.3 Å². The van der Waals surface area contributed by atoms with Gasteiger partial charge in [0.15, 0.2) is 0 Å². The van der Waals surface area contributed by atoms with E-state index in [1.54, 1.807) is 6.92 Å². The highest BCUT2D eigenvalue weighted by Crippen LogP contribution is 2.37. The number of hydrogen-bond acceptors (Lipinski definition) is 8. The third-order valence-corrected chi connectivity index (χ3v) is 9.07. The summed E-state index contributed by atoms with van der Waals surface area (Å²) in [6.07, 6.45) is 0.324. The molecule has 11 heteroatoms. The number of sulfonamides is 1. The number of nitrogens with one attached hydrogen (secondary N) is 1. The van der Waals surface area contributed by atoms with E-state index in [-0.39, 0.29) is 36.8 Å². The van der Waals surface area contributed by atoms with Crippen LogP contribution in [0, 0.1) is 0 Å². The van der Waals surface area contributed by atoms with Crippen molar-refractivity contribution < 1.29 is 27.5 Å². The monoisotopic (exact) mass is 521 g/mol. The van der Waals surface area contributed by atoms with Crippen LogP contribution in [-0.2, 0) is 32.5 Å². The molecule has 1 N–H and O–H groups in total. The first-order valence-electron chi connectivity index (χ1n) is 11.7. The van der Waals surface area contributed by atoms with Crippen LogP contribution in [-0.4, -0.2) is 75.0 Å². The van der Waals surface area contributed by atoms with Gasteiger partial charge in [0.05, 0.1) is 29.3 Å². The van der Waals surface area contributed by atoms with E-state index >= 15 is 0 Å². The van der Waals surface area contributed by atoms with E-state index in [4.69, 9.17) is 9.47 Å². The number of esters is 1. The van der Waals surface area contributed by atoms with Gasteiger partial charge in [0.1, 0.15) is 5.00 Å². The van der Waals surface area contributed by atoms with Gasteiger partial charge in [-0.1, -0.05) is 0 Å². The van der Waals surface area contributed by atoms with E-state index < -0.39 is 21.9 Å². The van der Waals surface area contributed by atoms with Crippen LogP contribution in [0.2, 0.25) is 0 Å². The number of nitrogens with zero attached hydrogens (tertiary/aromatic N) is 2. The predicted molar refractivity (Wildman–Crippen MR) is 133 cm³/mol. The van der Waals surface area contributed by atoms with Crippen molar-refractivity contribution in [2.24, 2.45) is 0 Å². The van der Waals surface area contributed by atoms with Crippen LogP contribution in [0.1, 0.15) is 51.9 Å². The molecule has 2 aliphatic heterocycles. The molecule has 35 heavy (non-hydrogen) atoms. The lowest BCUT2D eigenvalue weighted by atomic mass is 10.0. The van der Waals surface area contributed by atoms with Crippen molar-refractivity contribution in [1.29, 1.82) is 0 Å². The Morgan fingerprint density at radius 2 is 1.83 bits per heavy atom. The summed E-state index contributed by atoms with van der Waals surface area (Å²) in [4.78, 5) is 29.0. The number of rotatable bonds is 6. The van der Waals surface area contributed by atoms with Gasteiger partial charge in [-0.05, 0) is 64.1 Å². The summed E-state index contributed by atoms with van der Waals surface area (Å²) in [5.41, 5.74) is 1.64. The van der Waals surface area contributed by atoms with Crippen molar-refractivity contribution in [3.05, 3.63) is 45.8 Å². The number of ether oxygens (including phenoxy) is 2. The minimum Gasteiger partial charge on any atom is -0.462 e. The second kappa shape index (κ2) is 10.4. The molecule has 0 spiro atoms. The molecule has 1 saturated heterocycles. The first-order valence-corrected chi connectivity index (χ1v) is 13.9. The number of carbonyl (C=O) groups is 2. The number of fused-ring (bicyclic) bond motifs is 1. The van der Waals surface area contributed by atoms with Gasteiger partial charge in [-0.3, -0.25) is 4.79 Å². The van der Waals surface area contributed by atoms with Gasteiger partial charge in [-0.15, -0.1) is 11.3 Å². The molecule has 2 aliphatic rings. The number of benzene rings is 1. The average molecular weight is 522 g/mol. The zero-order chi connectivity index (χ0) is 25.3. The summed E-state index contributed by atoms with van der Waals surface area (Å²) in [5, 5.41) is 3.32. The standard InChI is InChI=1S/C24H31N3O6S2/c1-5-32-24(29)21-19-10-11-26(4)14-20(19)34-23(21)25-22(28)17-6-8-18(9-7-17)35(30,31)27-12-15(2)33-16(3)13-27/h6-9,15-16H,5,10-14H2,1-4H3,(H,25,28). The van der Waals surface area contributed by atoms with Crippen molar-refractivity contribution in [2.45, 2.75) is 50.8 Å². The van der Waals surface area contributed by atoms with Gasteiger partial charge in [-0.2, -0.15) is 4.31 Å². The first-order chi connectivity index (χ1) is 16.6. The van der Waals surface area contributed by atoms with Crippen molar-refractivity contribution in [3.8, 4) is 0 Å². The third-order valence-electron chi connectivity index (χ3n) is 6.09. The van der Waals surface area contributed by atoms with Gasteiger partial charge >= 0.3 is 5.97 Å². The number of hydrogen-bond donors (Lipinski definition) is 1. The van der Waals surface area contributed by atoms with Gasteiger partial charge in [0.25, 0.3) is 5.91 Å². The number of likely N-dealkylation sites (N-methyl/N-ethyl adjacent to an activating group) is 1. The Bertz CT molecular complexity index is 1200. The fourth-order valence-corrected chi connectivity index (χ4v) is 7.37. The molecule has 1 amide bonds. The molecular weight excluding hydrogens is 490 g/mol. The number of morpholine rings is 1. The van der Waals surface area contributed by atoms with E-state index in [1.807, 2.05) is 20.9 Å². The Morgan fingerprint density at radius 1 is 1.17 bits per heavy atom. The summed E-state index contributed by atoms with van der Waals surface area (Å²) < 4.78 is 38.5. The molecule has 3 heterocycles. The van der Waals surface area contributed by atoms with Gasteiger partial charge in [0.2, 0.25) is 10.0 Å². The summed E-state index contributed by atoms with van der Waals surface area (Å²) >= 11 is 1.38. The molecule has 190 valence electrons. The Kier molecular flexibility index (Phi) is 7.62. The van der Waals surface area contributed by atoms with Crippen LogP contribution in [0.4, 0.5) is 5.00 Å². The molecule has 0 bridgehead atoms. The lowest BCUT2D eigenvalue weighted by molar-refractivity contribution is -0.0440. The zero-order valence-corrected chi connectivity index (χ0v) is 22.0. The topological polar surface area (TPSA) is 105 Å². The number of anilines is 1. The molecule has 0 aliphatic carbocycles. The second-order valence-corrected chi connectivity index (χ2v) is 12.0. The molecule has 2 aromatic rings. The van der Waals surface area contributed by atoms with E-state index in [9.17, 15) is 18.0 Å². The Morgan fingerprint density at radius 3 is 2.46 bits per heavy atom. The van der Waals surface area contributed by atoms with Gasteiger partial charge < -0.3 is 19.7 Å². The van der Waals surface area contributed by atoms with Crippen LogP contribution in [0.15, 0.2) is 29.2 Å². The molecule has 1 aromatic carbocycles. The normalized spacial score (nSPS) is 21.4. The Hall–Kier alpha value is -2.31. The van der Waals surface area contributed by atoms with Crippen molar-refractivity contribution in [3.63, 3.8) is 0 Å². The summed E-state index contributed by atoms with van der Waals surface area (Å²) in [5.74, 6) is -0.861. The Balaban J connectivity index is 1.55. The molecular formula is C24H31N3O6S2. The molecule has 0 saturated carbocycles. The average Bonchev–Trinajstić information content (AvgIpc) is 3.15. The van der Waals surface area contributed by atoms with Crippen molar-refractivity contribution in [2.75, 3.05) is 38.6 Å². The summed E-state index contributed by atoms with van der Waals surface area (Å²) in [7, 11) is -1.69. The minimum atomic E-state index is -3.70. The van der Waals surface area contributed by atoms with Gasteiger partial charge in [-0.25, -0.2) is 13.2 Å². The van der Waals surface area contributed by atoms with Crippen molar-refractivity contribution in [1.82, 2.24) is 9.21 Å². The maximum absolute atomic E-state index is 13.1. The predicted octanol–water partition coefficient (Wildman–Crippen LogP) is 2.96. The largest absolute Gasteiger partial charge is 0.462 e. The van der Waals surface area contributed by atoms with Crippen LogP contribution in [0.25, 0.3) is 0 Å². The van der Waals surface area contributed by atoms with Gasteiger partial charge in [0, 0.05) is 36.6 Å². The smallest absolute Gasteiger partial charge is 0.341 e. The van der Waals surface area contributed by atoms with Crippen molar-refractivity contribution >= 4 is 38.2 Å². The lowest BCUT2D eigenvalue weighted by Gasteiger charge is -2.34. The fourth-order valence-electron chi connectivity index (χ4n) is 4.47. The number of carbonyl (C=O) groups excluding carboxylic acids is 2. The van der Waals surface area contributed by atoms with Crippen LogP contribution < -0.4 is 5.32 Å². The molecule has 9 nitrogen and oxygen atoms in total. The molecule has 0 radical (unpaired) electrons. The SMILES string of the molecule is CCOC(=O)c1c(NC(=O)c2ccc(S(=O)(=O)N3CC(C)OC(C)C3)cc2)sc2c1CCN(C)C2. The fraction of sp³-hybridized carbons (Fsp3) is 0.500. The molecule has 1 fully saturated rings. The molecule has 4 rings (SSSR count). The van der Waals surface area contributed by atoms with E-state index in [1.165, 1.54) is 39.9 Å². The number of thiophene rings is 1. The Labute approximate surface area is 210 Å². The highest BCUT2D eigenvalue weighted by Gasteiger charge is 2.32. The van der Waals surface area contributed by atoms with E-state index in [0.717, 1.165) is 17.0 Å². The quantitative estimate of drug-likeness (QED) is 0.583. The van der Waals surface area contributed by atoms with Crippen LogP contribution in [0.3, 0.4) is 0 Å². The summed E-state index contributed by atoms with van der Waals surface area (Å²) in [6, 6.07) is 5.85. The minimum absolute atomic E-state index is 0.122. The second-order valence-electron chi connectivity index (χ2n) is 8.97. The maximum atomic E-state index is 13.1. The lowest BCUT2D eigenvalue weighted by Crippen LogP contribution is -2.48. The zero-order valence-electron chi connectivity index (χ0n) is 20.4. The highest BCUT2D eigenvalue weighted by atomic mass is 32.2. The molecule has 2 unspecified atom stereocenters. The van der Waals surface area contributed by atoms with E-state index in [0.29, 0.717) is 29.1 Å². The van der Waals surface area contributed by atoms with Crippen LogP contribution in [0.5, 0.6) is 0 Å². The molecule has 2 atom stereocenters. The maximum Gasteiger partial charge on any atom is 0.341 e. The number of amides is 1. The highest BCUT2D eigenvalue weighted by molar-refractivity contribution is 7.89. The third kappa shape index (κ3) is 5.44. The van der Waals surface area contributed by atoms with E-state index in [2.05, 4.69) is 10.2 Å².